The zero-order valence-electron chi connectivity index (χ0n) is 6.05. The monoisotopic (exact) mass is 175 g/mol. The van der Waals surface area contributed by atoms with Gasteiger partial charge in [-0.3, -0.25) is 4.79 Å². The number of aliphatic hydroxyl groups is 1. The molecule has 0 radical (unpaired) electrons. The zero-order chi connectivity index (χ0) is 9.14. The molecular formula is C7H7F2NO2. The minimum absolute atomic E-state index is 0.0483. The predicted octanol–water partition coefficient (Wildman–Crippen LogP) is 0.805. The maximum atomic E-state index is 12.0. The standard InChI is InChI=1S/C7H7F2NO2/c8-7(9)5-2-10-1-4(3-11)6(5)12/h1-2,7,11H,3H2,(H,10,12). The predicted molar refractivity (Wildman–Crippen MR) is 37.9 cm³/mol. The Labute approximate surface area is 66.7 Å². The fourth-order valence-electron chi connectivity index (χ4n) is 0.828. The molecule has 0 aromatic carbocycles. The Hall–Kier alpha value is -1.23. The summed E-state index contributed by atoms with van der Waals surface area (Å²) in [6, 6.07) is 0. The summed E-state index contributed by atoms with van der Waals surface area (Å²) in [7, 11) is 0. The van der Waals surface area contributed by atoms with Gasteiger partial charge < -0.3 is 10.1 Å². The van der Waals surface area contributed by atoms with Crippen molar-refractivity contribution in [1.82, 2.24) is 4.98 Å². The van der Waals surface area contributed by atoms with E-state index in [1.165, 1.54) is 6.20 Å². The number of aliphatic hydroxyl groups excluding tert-OH is 1. The van der Waals surface area contributed by atoms with E-state index in [-0.39, 0.29) is 5.56 Å². The molecule has 0 unspecified atom stereocenters. The molecule has 5 heteroatoms. The quantitative estimate of drug-likeness (QED) is 0.698. The van der Waals surface area contributed by atoms with E-state index < -0.39 is 24.0 Å². The summed E-state index contributed by atoms with van der Waals surface area (Å²) in [4.78, 5) is 13.3. The van der Waals surface area contributed by atoms with Crippen molar-refractivity contribution >= 4 is 0 Å². The van der Waals surface area contributed by atoms with Crippen LogP contribution in [0.25, 0.3) is 0 Å². The van der Waals surface area contributed by atoms with E-state index in [0.717, 1.165) is 6.20 Å². The lowest BCUT2D eigenvalue weighted by Crippen LogP contribution is -2.14. The number of halogens is 2. The van der Waals surface area contributed by atoms with Gasteiger partial charge in [0.05, 0.1) is 12.2 Å². The third-order valence-electron chi connectivity index (χ3n) is 1.46. The summed E-state index contributed by atoms with van der Waals surface area (Å²) >= 11 is 0. The Morgan fingerprint density at radius 1 is 1.50 bits per heavy atom. The van der Waals surface area contributed by atoms with Crippen molar-refractivity contribution in [3.63, 3.8) is 0 Å². The third-order valence-corrected chi connectivity index (χ3v) is 1.46. The first kappa shape index (κ1) is 8.86. The minimum atomic E-state index is -2.81. The first-order valence-corrected chi connectivity index (χ1v) is 3.25. The summed E-state index contributed by atoms with van der Waals surface area (Å²) in [5.74, 6) is 0. The number of rotatable bonds is 2. The molecule has 0 aliphatic rings. The molecule has 1 aromatic heterocycles. The molecule has 0 aliphatic heterocycles. The summed E-state index contributed by atoms with van der Waals surface area (Å²) in [6.07, 6.45) is -0.666. The maximum absolute atomic E-state index is 12.0. The second-order valence-corrected chi connectivity index (χ2v) is 2.22. The van der Waals surface area contributed by atoms with Crippen LogP contribution in [-0.2, 0) is 6.61 Å². The van der Waals surface area contributed by atoms with Crippen molar-refractivity contribution in [2.75, 3.05) is 0 Å². The summed E-state index contributed by atoms with van der Waals surface area (Å²) in [5.41, 5.74) is -1.46. The van der Waals surface area contributed by atoms with Crippen molar-refractivity contribution in [2.45, 2.75) is 13.0 Å². The van der Waals surface area contributed by atoms with Crippen molar-refractivity contribution in [2.24, 2.45) is 0 Å². The molecule has 0 atom stereocenters. The van der Waals surface area contributed by atoms with Gasteiger partial charge in [0.15, 0.2) is 5.43 Å². The van der Waals surface area contributed by atoms with Crippen LogP contribution in [-0.4, -0.2) is 10.1 Å². The van der Waals surface area contributed by atoms with Crippen molar-refractivity contribution in [3.05, 3.63) is 33.7 Å². The lowest BCUT2D eigenvalue weighted by atomic mass is 10.2. The number of hydrogen-bond acceptors (Lipinski definition) is 2. The van der Waals surface area contributed by atoms with Gasteiger partial charge >= 0.3 is 0 Å². The van der Waals surface area contributed by atoms with Crippen molar-refractivity contribution < 1.29 is 13.9 Å². The van der Waals surface area contributed by atoms with Crippen LogP contribution < -0.4 is 5.43 Å². The Morgan fingerprint density at radius 2 is 2.17 bits per heavy atom. The van der Waals surface area contributed by atoms with Gasteiger partial charge in [0.1, 0.15) is 0 Å². The molecule has 1 rings (SSSR count). The maximum Gasteiger partial charge on any atom is 0.269 e. The van der Waals surface area contributed by atoms with Gasteiger partial charge in [-0.1, -0.05) is 0 Å². The molecule has 0 aliphatic carbocycles. The minimum Gasteiger partial charge on any atom is -0.391 e. The van der Waals surface area contributed by atoms with E-state index in [9.17, 15) is 13.6 Å². The number of alkyl halides is 2. The third kappa shape index (κ3) is 1.50. The SMILES string of the molecule is O=c1c(CO)c[nH]cc1C(F)F. The molecule has 0 saturated carbocycles. The summed E-state index contributed by atoms with van der Waals surface area (Å²) in [5, 5.41) is 8.56. The fourth-order valence-corrected chi connectivity index (χ4v) is 0.828. The molecule has 0 spiro atoms. The fraction of sp³-hybridized carbons (Fsp3) is 0.286. The number of pyridine rings is 1. The van der Waals surface area contributed by atoms with Crippen LogP contribution in [0.15, 0.2) is 17.2 Å². The Morgan fingerprint density at radius 3 is 2.67 bits per heavy atom. The highest BCUT2D eigenvalue weighted by atomic mass is 19.3. The highest BCUT2D eigenvalue weighted by molar-refractivity contribution is 5.18. The van der Waals surface area contributed by atoms with Crippen molar-refractivity contribution in [1.29, 1.82) is 0 Å². The Balaban J connectivity index is 3.24. The number of H-pyrrole nitrogens is 1. The van der Waals surface area contributed by atoms with Gasteiger partial charge in [0, 0.05) is 18.0 Å². The van der Waals surface area contributed by atoms with Crippen LogP contribution in [0.3, 0.4) is 0 Å². The van der Waals surface area contributed by atoms with Crippen LogP contribution in [0, 0.1) is 0 Å². The van der Waals surface area contributed by atoms with E-state index >= 15 is 0 Å². The molecule has 1 aromatic rings. The van der Waals surface area contributed by atoms with E-state index in [1.807, 2.05) is 0 Å². The molecule has 0 bridgehead atoms. The smallest absolute Gasteiger partial charge is 0.269 e. The molecule has 12 heavy (non-hydrogen) atoms. The van der Waals surface area contributed by atoms with E-state index in [0.29, 0.717) is 0 Å². The largest absolute Gasteiger partial charge is 0.391 e. The van der Waals surface area contributed by atoms with Gasteiger partial charge in [-0.25, -0.2) is 8.78 Å². The van der Waals surface area contributed by atoms with Gasteiger partial charge in [-0.15, -0.1) is 0 Å². The van der Waals surface area contributed by atoms with Crippen LogP contribution in [0.2, 0.25) is 0 Å². The summed E-state index contributed by atoms with van der Waals surface area (Å²) < 4.78 is 24.1. The second-order valence-electron chi connectivity index (χ2n) is 2.22. The number of aromatic amines is 1. The molecular weight excluding hydrogens is 168 g/mol. The summed E-state index contributed by atoms with van der Waals surface area (Å²) in [6.45, 7) is -0.532. The lowest BCUT2D eigenvalue weighted by molar-refractivity contribution is 0.149. The highest BCUT2D eigenvalue weighted by Gasteiger charge is 2.13. The van der Waals surface area contributed by atoms with Gasteiger partial charge in [-0.2, -0.15) is 0 Å². The Bertz CT molecular complexity index is 321. The molecule has 1 heterocycles. The average Bonchev–Trinajstić information content (AvgIpc) is 2.04. The first-order chi connectivity index (χ1) is 5.66. The number of hydrogen-bond donors (Lipinski definition) is 2. The molecule has 2 N–H and O–H groups in total. The molecule has 66 valence electrons. The average molecular weight is 175 g/mol. The van der Waals surface area contributed by atoms with Gasteiger partial charge in [0.2, 0.25) is 0 Å². The molecule has 0 saturated heterocycles. The van der Waals surface area contributed by atoms with Gasteiger partial charge in [0.25, 0.3) is 6.43 Å². The van der Waals surface area contributed by atoms with Crippen LogP contribution >= 0.6 is 0 Å². The second kappa shape index (κ2) is 3.44. The van der Waals surface area contributed by atoms with E-state index in [4.69, 9.17) is 5.11 Å². The van der Waals surface area contributed by atoms with Gasteiger partial charge in [-0.05, 0) is 0 Å². The lowest BCUT2D eigenvalue weighted by Gasteiger charge is -1.99. The Kier molecular flexibility index (Phi) is 2.54. The number of nitrogens with one attached hydrogen (secondary N) is 1. The van der Waals surface area contributed by atoms with Crippen molar-refractivity contribution in [3.8, 4) is 0 Å². The molecule has 3 nitrogen and oxygen atoms in total. The van der Waals surface area contributed by atoms with E-state index in [1.54, 1.807) is 0 Å². The molecule has 0 fully saturated rings. The van der Waals surface area contributed by atoms with E-state index in [2.05, 4.69) is 4.98 Å². The van der Waals surface area contributed by atoms with Crippen LogP contribution in [0.4, 0.5) is 8.78 Å². The number of aromatic nitrogens is 1. The molecule has 0 amide bonds. The normalized spacial score (nSPS) is 10.7. The highest BCUT2D eigenvalue weighted by Crippen LogP contribution is 2.13. The zero-order valence-corrected chi connectivity index (χ0v) is 6.05. The topological polar surface area (TPSA) is 53.1 Å². The van der Waals surface area contributed by atoms with Crippen LogP contribution in [0.5, 0.6) is 0 Å². The van der Waals surface area contributed by atoms with Crippen LogP contribution in [0.1, 0.15) is 17.6 Å². The first-order valence-electron chi connectivity index (χ1n) is 3.25.